The number of hydrogen-bond donors (Lipinski definition) is 1. The lowest BCUT2D eigenvalue weighted by Crippen LogP contribution is -2.36. The summed E-state index contributed by atoms with van der Waals surface area (Å²) >= 11 is 0. The lowest BCUT2D eigenvalue weighted by atomic mass is 9.96. The van der Waals surface area contributed by atoms with Crippen LogP contribution in [0.1, 0.15) is 16.7 Å². The lowest BCUT2D eigenvalue weighted by Gasteiger charge is -2.23. The van der Waals surface area contributed by atoms with E-state index in [9.17, 15) is 13.2 Å². The molecule has 2 aromatic heterocycles. The molecule has 0 aliphatic carbocycles. The van der Waals surface area contributed by atoms with Crippen molar-refractivity contribution in [2.45, 2.75) is 25.2 Å². The molecule has 1 aliphatic rings. The molecule has 4 aromatic rings. The molecule has 1 N–H and O–H groups in total. The van der Waals surface area contributed by atoms with Gasteiger partial charge in [-0.25, -0.2) is 15.0 Å². The van der Waals surface area contributed by atoms with Gasteiger partial charge in [0.1, 0.15) is 0 Å². The van der Waals surface area contributed by atoms with Gasteiger partial charge in [0.15, 0.2) is 0 Å². The number of halogens is 4. The number of pyridine rings is 1. The summed E-state index contributed by atoms with van der Waals surface area (Å²) in [5, 5.41) is 3.43. The summed E-state index contributed by atoms with van der Waals surface area (Å²) < 4.78 is 39.8. The summed E-state index contributed by atoms with van der Waals surface area (Å²) in [6.07, 6.45) is 2.89. The monoisotopic (exact) mass is 495 g/mol. The van der Waals surface area contributed by atoms with Crippen LogP contribution in [0.15, 0.2) is 84.2 Å². The molecular formula is C26H21ClF3N5. The minimum atomic E-state index is -4.44. The largest absolute Gasteiger partial charge is 0.416 e. The average Bonchev–Trinajstić information content (AvgIpc) is 2.87. The maximum Gasteiger partial charge on any atom is 0.416 e. The standard InChI is InChI=1S/C26H20F3N5.ClH/c27-26(28,29)21-7-3-6-19(12-21)23-16-33-25(34-24(23)17-8-10-30-11-9-17)32-15-22-13-18-4-1-2-5-20(18)14-31-22;/h1-12,15-16,22,31H,13-14H2;1H/t22-;/m0./s1. The van der Waals surface area contributed by atoms with Crippen molar-refractivity contribution >= 4 is 24.6 Å². The quantitative estimate of drug-likeness (QED) is 0.349. The first-order valence-electron chi connectivity index (χ1n) is 10.8. The molecule has 1 aliphatic heterocycles. The third kappa shape index (κ3) is 5.55. The normalized spacial score (nSPS) is 15.5. The molecule has 0 unspecified atom stereocenters. The van der Waals surface area contributed by atoms with Crippen LogP contribution >= 0.6 is 12.4 Å². The van der Waals surface area contributed by atoms with Crippen LogP contribution in [-0.2, 0) is 19.1 Å². The maximum absolute atomic E-state index is 13.3. The van der Waals surface area contributed by atoms with Crippen LogP contribution in [0.5, 0.6) is 0 Å². The summed E-state index contributed by atoms with van der Waals surface area (Å²) in [6, 6.07) is 17.0. The zero-order chi connectivity index (χ0) is 23.5. The topological polar surface area (TPSA) is 63.1 Å². The molecule has 1 atom stereocenters. The van der Waals surface area contributed by atoms with Crippen LogP contribution in [-0.4, -0.2) is 27.2 Å². The van der Waals surface area contributed by atoms with Crippen LogP contribution in [0.25, 0.3) is 22.4 Å². The fourth-order valence-electron chi connectivity index (χ4n) is 3.98. The van der Waals surface area contributed by atoms with Crippen LogP contribution in [0.4, 0.5) is 19.1 Å². The van der Waals surface area contributed by atoms with Gasteiger partial charge in [0.25, 0.3) is 0 Å². The van der Waals surface area contributed by atoms with E-state index in [1.54, 1.807) is 36.8 Å². The van der Waals surface area contributed by atoms with Crippen molar-refractivity contribution in [2.24, 2.45) is 4.99 Å². The molecule has 5 nitrogen and oxygen atoms in total. The molecule has 9 heteroatoms. The molecule has 3 heterocycles. The SMILES string of the molecule is Cl.FC(F)(F)c1cccc(-c2cnc(N=C[C@@H]3Cc4ccccc4CN3)nc2-c2ccncc2)c1. The molecule has 2 aromatic carbocycles. The summed E-state index contributed by atoms with van der Waals surface area (Å²) in [5.74, 6) is 0.239. The van der Waals surface area contributed by atoms with Crippen LogP contribution in [0.2, 0.25) is 0 Å². The zero-order valence-electron chi connectivity index (χ0n) is 18.4. The highest BCUT2D eigenvalue weighted by atomic mass is 35.5. The van der Waals surface area contributed by atoms with Crippen molar-refractivity contribution in [2.75, 3.05) is 0 Å². The Kier molecular flexibility index (Phi) is 7.23. The Morgan fingerprint density at radius 2 is 1.71 bits per heavy atom. The lowest BCUT2D eigenvalue weighted by molar-refractivity contribution is -0.137. The van der Waals surface area contributed by atoms with Gasteiger partial charge in [0.05, 0.1) is 11.3 Å². The van der Waals surface area contributed by atoms with Gasteiger partial charge >= 0.3 is 6.18 Å². The predicted octanol–water partition coefficient (Wildman–Crippen LogP) is 6.06. The van der Waals surface area contributed by atoms with Gasteiger partial charge in [0.2, 0.25) is 5.95 Å². The van der Waals surface area contributed by atoms with Gasteiger partial charge in [-0.2, -0.15) is 13.2 Å². The number of nitrogens with one attached hydrogen (secondary N) is 1. The fourth-order valence-corrected chi connectivity index (χ4v) is 3.98. The van der Waals surface area contributed by atoms with E-state index >= 15 is 0 Å². The second kappa shape index (κ2) is 10.3. The highest BCUT2D eigenvalue weighted by molar-refractivity contribution is 5.85. The fraction of sp³-hybridized carbons (Fsp3) is 0.154. The molecule has 5 rings (SSSR count). The molecule has 0 saturated carbocycles. The van der Waals surface area contributed by atoms with Crippen molar-refractivity contribution in [3.8, 4) is 22.4 Å². The average molecular weight is 496 g/mol. The smallest absolute Gasteiger partial charge is 0.305 e. The van der Waals surface area contributed by atoms with Crippen molar-refractivity contribution in [1.82, 2.24) is 20.3 Å². The first-order chi connectivity index (χ1) is 16.5. The molecule has 0 amide bonds. The highest BCUT2D eigenvalue weighted by Gasteiger charge is 2.30. The van der Waals surface area contributed by atoms with Crippen molar-refractivity contribution in [3.05, 3.63) is 95.9 Å². The van der Waals surface area contributed by atoms with Gasteiger partial charge in [-0.15, -0.1) is 12.4 Å². The number of aliphatic imine (C=N–C) groups is 1. The number of fused-ring (bicyclic) bond motifs is 1. The van der Waals surface area contributed by atoms with Crippen molar-refractivity contribution < 1.29 is 13.2 Å². The van der Waals surface area contributed by atoms with E-state index in [1.165, 1.54) is 23.4 Å². The maximum atomic E-state index is 13.3. The Morgan fingerprint density at radius 1 is 0.943 bits per heavy atom. The van der Waals surface area contributed by atoms with Crippen molar-refractivity contribution in [3.63, 3.8) is 0 Å². The Bertz CT molecular complexity index is 1340. The van der Waals surface area contributed by atoms with E-state index in [0.717, 1.165) is 25.1 Å². The Hall–Kier alpha value is -3.62. The number of aromatic nitrogens is 3. The molecule has 0 saturated heterocycles. The van der Waals surface area contributed by atoms with E-state index in [2.05, 4.69) is 37.4 Å². The first-order valence-corrected chi connectivity index (χ1v) is 10.8. The highest BCUT2D eigenvalue weighted by Crippen LogP contribution is 2.35. The number of alkyl halides is 3. The second-order valence-electron chi connectivity index (χ2n) is 7.99. The number of nitrogens with zero attached hydrogens (tertiary/aromatic N) is 4. The third-order valence-corrected chi connectivity index (χ3v) is 5.71. The molecule has 178 valence electrons. The van der Waals surface area contributed by atoms with Gasteiger partial charge in [-0.3, -0.25) is 4.98 Å². The summed E-state index contributed by atoms with van der Waals surface area (Å²) in [7, 11) is 0. The molecule has 0 spiro atoms. The Balaban J connectivity index is 0.00000289. The molecule has 0 bridgehead atoms. The zero-order valence-corrected chi connectivity index (χ0v) is 19.2. The van der Waals surface area contributed by atoms with E-state index in [4.69, 9.17) is 0 Å². The number of benzene rings is 2. The first kappa shape index (κ1) is 24.5. The predicted molar refractivity (Wildman–Crippen MR) is 132 cm³/mol. The van der Waals surface area contributed by atoms with Gasteiger partial charge in [0, 0.05) is 48.5 Å². The third-order valence-electron chi connectivity index (χ3n) is 5.71. The summed E-state index contributed by atoms with van der Waals surface area (Å²) in [6.45, 7) is 0.754. The molecular weight excluding hydrogens is 475 g/mol. The van der Waals surface area contributed by atoms with Crippen LogP contribution in [0, 0.1) is 0 Å². The molecule has 35 heavy (non-hydrogen) atoms. The van der Waals surface area contributed by atoms with Gasteiger partial charge < -0.3 is 5.32 Å². The van der Waals surface area contributed by atoms with Crippen LogP contribution < -0.4 is 5.32 Å². The second-order valence-corrected chi connectivity index (χ2v) is 7.99. The molecule has 0 radical (unpaired) electrons. The summed E-state index contributed by atoms with van der Waals surface area (Å²) in [4.78, 5) is 17.4. The minimum Gasteiger partial charge on any atom is -0.305 e. The van der Waals surface area contributed by atoms with E-state index in [0.29, 0.717) is 22.4 Å². The van der Waals surface area contributed by atoms with Crippen LogP contribution in [0.3, 0.4) is 0 Å². The van der Waals surface area contributed by atoms with E-state index in [1.807, 2.05) is 12.1 Å². The van der Waals surface area contributed by atoms with Gasteiger partial charge in [-0.1, -0.05) is 36.4 Å². The van der Waals surface area contributed by atoms with E-state index < -0.39 is 11.7 Å². The van der Waals surface area contributed by atoms with E-state index in [-0.39, 0.29) is 24.4 Å². The molecule has 0 fully saturated rings. The minimum absolute atomic E-state index is 0. The Labute approximate surface area is 206 Å². The van der Waals surface area contributed by atoms with Gasteiger partial charge in [-0.05, 0) is 47.4 Å². The number of rotatable bonds is 4. The number of hydrogen-bond acceptors (Lipinski definition) is 5. The summed E-state index contributed by atoms with van der Waals surface area (Å²) in [5.41, 5.74) is 3.89. The Morgan fingerprint density at radius 3 is 2.49 bits per heavy atom. The van der Waals surface area contributed by atoms with Crippen molar-refractivity contribution in [1.29, 1.82) is 0 Å².